The lowest BCUT2D eigenvalue weighted by Crippen LogP contribution is -2.46. The second-order valence-corrected chi connectivity index (χ2v) is 8.37. The second kappa shape index (κ2) is 8.61. The molecule has 146 valence electrons. The predicted molar refractivity (Wildman–Crippen MR) is 112 cm³/mol. The molecule has 0 saturated carbocycles. The molecule has 4 rings (SSSR count). The number of benzene rings is 1. The fraction of sp³-hybridized carbons (Fsp3) is 0.364. The van der Waals surface area contributed by atoms with E-state index in [0.29, 0.717) is 19.5 Å². The Labute approximate surface area is 168 Å². The van der Waals surface area contributed by atoms with Gasteiger partial charge in [-0.2, -0.15) is 0 Å². The van der Waals surface area contributed by atoms with Crippen LogP contribution in [0.2, 0.25) is 0 Å². The van der Waals surface area contributed by atoms with Crippen LogP contribution in [0.1, 0.15) is 23.3 Å². The first-order valence-corrected chi connectivity index (χ1v) is 10.7. The van der Waals surface area contributed by atoms with Crippen molar-refractivity contribution in [1.29, 1.82) is 0 Å². The second-order valence-electron chi connectivity index (χ2n) is 7.34. The topological polar surface area (TPSA) is 65.2 Å². The molecule has 1 aromatic carbocycles. The summed E-state index contributed by atoms with van der Waals surface area (Å²) in [5.74, 6) is 0.0611. The maximum absolute atomic E-state index is 12.8. The molecule has 6 heteroatoms. The SMILES string of the molecule is O=C(NCCc1cccs1)[C@@H]1CCCN(C(=O)Cc2c[nH]c3ccccc23)C1. The number of aromatic amines is 1. The van der Waals surface area contributed by atoms with E-state index in [1.807, 2.05) is 41.4 Å². The molecule has 2 amide bonds. The van der Waals surface area contributed by atoms with E-state index in [9.17, 15) is 9.59 Å². The summed E-state index contributed by atoms with van der Waals surface area (Å²) >= 11 is 1.71. The van der Waals surface area contributed by atoms with Gasteiger partial charge in [-0.05, 0) is 42.3 Å². The first-order valence-electron chi connectivity index (χ1n) is 9.83. The third kappa shape index (κ3) is 4.28. The molecule has 1 atom stereocenters. The van der Waals surface area contributed by atoms with Gasteiger partial charge in [0.25, 0.3) is 0 Å². The van der Waals surface area contributed by atoms with Crippen LogP contribution in [0.25, 0.3) is 10.9 Å². The molecule has 3 heterocycles. The highest BCUT2D eigenvalue weighted by Crippen LogP contribution is 2.21. The smallest absolute Gasteiger partial charge is 0.227 e. The van der Waals surface area contributed by atoms with Crippen molar-refractivity contribution in [2.75, 3.05) is 19.6 Å². The van der Waals surface area contributed by atoms with Gasteiger partial charge in [-0.15, -0.1) is 11.3 Å². The summed E-state index contributed by atoms with van der Waals surface area (Å²) in [6.07, 6.45) is 4.88. The third-order valence-electron chi connectivity index (χ3n) is 5.41. The molecule has 0 bridgehead atoms. The van der Waals surface area contributed by atoms with Gasteiger partial charge in [-0.1, -0.05) is 24.3 Å². The molecule has 1 saturated heterocycles. The molecule has 1 fully saturated rings. The standard InChI is InChI=1S/C22H25N3O2S/c26-21(13-17-14-24-20-8-2-1-7-19(17)20)25-11-3-5-16(15-25)22(27)23-10-9-18-6-4-12-28-18/h1-2,4,6-8,12,14,16,24H,3,5,9-11,13,15H2,(H,23,27)/t16-/m1/s1. The van der Waals surface area contributed by atoms with E-state index in [1.165, 1.54) is 4.88 Å². The summed E-state index contributed by atoms with van der Waals surface area (Å²) < 4.78 is 0. The maximum atomic E-state index is 12.8. The van der Waals surface area contributed by atoms with Crippen molar-refractivity contribution in [1.82, 2.24) is 15.2 Å². The van der Waals surface area contributed by atoms with Crippen LogP contribution in [0, 0.1) is 5.92 Å². The van der Waals surface area contributed by atoms with E-state index < -0.39 is 0 Å². The first-order chi connectivity index (χ1) is 13.7. The highest BCUT2D eigenvalue weighted by Gasteiger charge is 2.28. The Hall–Kier alpha value is -2.60. The number of hydrogen-bond acceptors (Lipinski definition) is 3. The number of aromatic nitrogens is 1. The Balaban J connectivity index is 1.31. The number of fused-ring (bicyclic) bond motifs is 1. The van der Waals surface area contributed by atoms with Crippen molar-refractivity contribution < 1.29 is 9.59 Å². The molecule has 0 aliphatic carbocycles. The van der Waals surface area contributed by atoms with Crippen molar-refractivity contribution in [3.05, 3.63) is 58.4 Å². The van der Waals surface area contributed by atoms with Gasteiger partial charge >= 0.3 is 0 Å². The van der Waals surface area contributed by atoms with Gasteiger partial charge in [0.1, 0.15) is 0 Å². The molecule has 2 N–H and O–H groups in total. The number of rotatable bonds is 6. The number of carbonyl (C=O) groups excluding carboxylic acids is 2. The number of amides is 2. The maximum Gasteiger partial charge on any atom is 0.227 e. The van der Waals surface area contributed by atoms with E-state index in [-0.39, 0.29) is 17.7 Å². The molecule has 2 aromatic heterocycles. The molecule has 28 heavy (non-hydrogen) atoms. The lowest BCUT2D eigenvalue weighted by atomic mass is 9.96. The number of hydrogen-bond donors (Lipinski definition) is 2. The predicted octanol–water partition coefficient (Wildman–Crippen LogP) is 3.37. The molecule has 1 aliphatic rings. The highest BCUT2D eigenvalue weighted by atomic mass is 32.1. The van der Waals surface area contributed by atoms with Crippen molar-refractivity contribution in [2.45, 2.75) is 25.7 Å². The number of nitrogens with one attached hydrogen (secondary N) is 2. The van der Waals surface area contributed by atoms with Crippen LogP contribution in [0.5, 0.6) is 0 Å². The lowest BCUT2D eigenvalue weighted by molar-refractivity contribution is -0.135. The van der Waals surface area contributed by atoms with Crippen LogP contribution in [0.4, 0.5) is 0 Å². The third-order valence-corrected chi connectivity index (χ3v) is 6.35. The zero-order valence-electron chi connectivity index (χ0n) is 15.8. The quantitative estimate of drug-likeness (QED) is 0.672. The van der Waals surface area contributed by atoms with Crippen molar-refractivity contribution in [3.8, 4) is 0 Å². The summed E-state index contributed by atoms with van der Waals surface area (Å²) in [6.45, 7) is 1.91. The van der Waals surface area contributed by atoms with Crippen LogP contribution in [-0.4, -0.2) is 41.3 Å². The normalized spacial score (nSPS) is 17.0. The summed E-state index contributed by atoms with van der Waals surface area (Å²) in [5.41, 5.74) is 2.06. The van der Waals surface area contributed by atoms with E-state index in [1.54, 1.807) is 11.3 Å². The molecule has 3 aromatic rings. The van der Waals surface area contributed by atoms with Crippen LogP contribution in [0.3, 0.4) is 0 Å². The van der Waals surface area contributed by atoms with Gasteiger partial charge in [0.15, 0.2) is 0 Å². The molecule has 0 unspecified atom stereocenters. The Morgan fingerprint density at radius 2 is 2.11 bits per heavy atom. The van der Waals surface area contributed by atoms with Gasteiger partial charge in [0, 0.05) is 41.6 Å². The van der Waals surface area contributed by atoms with Crippen LogP contribution < -0.4 is 5.32 Å². The Morgan fingerprint density at radius 3 is 2.96 bits per heavy atom. The largest absolute Gasteiger partial charge is 0.361 e. The molecular formula is C22H25N3O2S. The van der Waals surface area contributed by atoms with E-state index in [2.05, 4.69) is 21.7 Å². The summed E-state index contributed by atoms with van der Waals surface area (Å²) in [4.78, 5) is 31.7. The fourth-order valence-corrected chi connectivity index (χ4v) is 4.59. The van der Waals surface area contributed by atoms with Gasteiger partial charge in [-0.3, -0.25) is 9.59 Å². The Kier molecular flexibility index (Phi) is 5.76. The molecule has 0 radical (unpaired) electrons. The minimum Gasteiger partial charge on any atom is -0.361 e. The van der Waals surface area contributed by atoms with Crippen LogP contribution >= 0.6 is 11.3 Å². The Bertz CT molecular complexity index is 948. The minimum absolute atomic E-state index is 0.0705. The number of piperidine rings is 1. The molecule has 1 aliphatic heterocycles. The molecule has 0 spiro atoms. The van der Waals surface area contributed by atoms with Crippen molar-refractivity contribution in [3.63, 3.8) is 0 Å². The number of thiophene rings is 1. The van der Waals surface area contributed by atoms with Crippen molar-refractivity contribution >= 4 is 34.1 Å². The number of likely N-dealkylation sites (tertiary alicyclic amines) is 1. The van der Waals surface area contributed by atoms with Gasteiger partial charge in [-0.25, -0.2) is 0 Å². The van der Waals surface area contributed by atoms with Crippen LogP contribution in [-0.2, 0) is 22.4 Å². The summed E-state index contributed by atoms with van der Waals surface area (Å²) in [6, 6.07) is 12.1. The van der Waals surface area contributed by atoms with E-state index >= 15 is 0 Å². The Morgan fingerprint density at radius 1 is 1.21 bits per heavy atom. The lowest BCUT2D eigenvalue weighted by Gasteiger charge is -2.32. The molecular weight excluding hydrogens is 370 g/mol. The minimum atomic E-state index is -0.107. The van der Waals surface area contributed by atoms with Gasteiger partial charge in [0.2, 0.25) is 11.8 Å². The summed E-state index contributed by atoms with van der Waals surface area (Å²) in [7, 11) is 0. The van der Waals surface area contributed by atoms with E-state index in [4.69, 9.17) is 0 Å². The number of para-hydroxylation sites is 1. The zero-order chi connectivity index (χ0) is 19.3. The van der Waals surface area contributed by atoms with E-state index in [0.717, 1.165) is 42.3 Å². The average Bonchev–Trinajstić information content (AvgIpc) is 3.38. The fourth-order valence-electron chi connectivity index (χ4n) is 3.88. The molecule has 5 nitrogen and oxygen atoms in total. The summed E-state index contributed by atoms with van der Waals surface area (Å²) in [5, 5.41) is 6.19. The van der Waals surface area contributed by atoms with Gasteiger partial charge < -0.3 is 15.2 Å². The zero-order valence-corrected chi connectivity index (χ0v) is 16.6. The number of nitrogens with zero attached hydrogens (tertiary/aromatic N) is 1. The van der Waals surface area contributed by atoms with Crippen LogP contribution in [0.15, 0.2) is 48.0 Å². The highest BCUT2D eigenvalue weighted by molar-refractivity contribution is 7.09. The number of H-pyrrole nitrogens is 1. The van der Waals surface area contributed by atoms with Gasteiger partial charge in [0.05, 0.1) is 12.3 Å². The monoisotopic (exact) mass is 395 g/mol. The van der Waals surface area contributed by atoms with Crippen molar-refractivity contribution in [2.24, 2.45) is 5.92 Å². The first kappa shape index (κ1) is 18.7. The number of carbonyl (C=O) groups is 2. The average molecular weight is 396 g/mol.